The first-order valence-electron chi connectivity index (χ1n) is 14.6. The summed E-state index contributed by atoms with van der Waals surface area (Å²) in [6.45, 7) is 2.02. The summed E-state index contributed by atoms with van der Waals surface area (Å²) < 4.78 is 11.8. The fourth-order valence-corrected chi connectivity index (χ4v) is 5.85. The van der Waals surface area contributed by atoms with E-state index in [0.717, 1.165) is 39.8 Å². The Bertz CT molecular complexity index is 1640. The van der Waals surface area contributed by atoms with Crippen LogP contribution in [0.4, 0.5) is 5.82 Å². The van der Waals surface area contributed by atoms with Gasteiger partial charge in [-0.3, -0.25) is 4.79 Å². The van der Waals surface area contributed by atoms with Crippen LogP contribution in [0, 0.1) is 0 Å². The summed E-state index contributed by atoms with van der Waals surface area (Å²) in [6, 6.07) is 16.7. The molecule has 12 heteroatoms. The maximum absolute atomic E-state index is 13.2. The Labute approximate surface area is 271 Å². The van der Waals surface area contributed by atoms with E-state index in [2.05, 4.69) is 25.9 Å². The number of benzene rings is 2. The monoisotopic (exact) mass is 651 g/mol. The van der Waals surface area contributed by atoms with Gasteiger partial charge in [0.25, 0.3) is 5.91 Å². The van der Waals surface area contributed by atoms with E-state index in [1.54, 1.807) is 24.4 Å². The van der Waals surface area contributed by atoms with E-state index in [4.69, 9.17) is 42.9 Å². The second-order valence-corrected chi connectivity index (χ2v) is 11.2. The van der Waals surface area contributed by atoms with Crippen molar-refractivity contribution in [2.75, 3.05) is 38.7 Å². The van der Waals surface area contributed by atoms with E-state index in [9.17, 15) is 4.79 Å². The van der Waals surface area contributed by atoms with Crippen molar-refractivity contribution in [1.82, 2.24) is 20.6 Å². The number of aliphatic hydroxyl groups is 2. The SMILES string of the molecule is COc1nc(O[C@H]2CCc3c(-c4cccc(C(=O)Nc5ccc(CNCCO)cn5)c4Cl)cccc32)c(Cl)cc1CNCCO. The predicted octanol–water partition coefficient (Wildman–Crippen LogP) is 4.94. The largest absolute Gasteiger partial charge is 0.481 e. The summed E-state index contributed by atoms with van der Waals surface area (Å²) in [5.41, 5.74) is 5.79. The molecular formula is C33H35Cl2N5O5. The molecule has 0 unspecified atom stereocenters. The molecule has 5 rings (SSSR count). The van der Waals surface area contributed by atoms with Crippen molar-refractivity contribution in [3.63, 3.8) is 0 Å². The van der Waals surface area contributed by atoms with Crippen molar-refractivity contribution >= 4 is 34.9 Å². The highest BCUT2D eigenvalue weighted by molar-refractivity contribution is 6.37. The molecule has 0 radical (unpaired) electrons. The summed E-state index contributed by atoms with van der Waals surface area (Å²) in [7, 11) is 1.54. The maximum atomic E-state index is 13.2. The van der Waals surface area contributed by atoms with E-state index in [0.29, 0.717) is 59.9 Å². The molecule has 1 aliphatic rings. The number of hydrogen-bond donors (Lipinski definition) is 5. The number of amides is 1. The first-order valence-corrected chi connectivity index (χ1v) is 15.4. The van der Waals surface area contributed by atoms with Gasteiger partial charge in [-0.1, -0.05) is 59.6 Å². The fourth-order valence-electron chi connectivity index (χ4n) is 5.32. The van der Waals surface area contributed by atoms with Crippen LogP contribution in [-0.4, -0.2) is 59.5 Å². The third kappa shape index (κ3) is 7.73. The van der Waals surface area contributed by atoms with Gasteiger partial charge in [-0.25, -0.2) is 4.98 Å². The van der Waals surface area contributed by atoms with E-state index >= 15 is 0 Å². The molecule has 236 valence electrons. The lowest BCUT2D eigenvalue weighted by Crippen LogP contribution is -2.18. The molecule has 2 aromatic carbocycles. The van der Waals surface area contributed by atoms with Crippen molar-refractivity contribution in [2.24, 2.45) is 0 Å². The Kier molecular flexibility index (Phi) is 11.2. The topological polar surface area (TPSA) is 138 Å². The number of ether oxygens (including phenoxy) is 2. The molecule has 0 saturated carbocycles. The third-order valence-electron chi connectivity index (χ3n) is 7.47. The molecule has 2 heterocycles. The van der Waals surface area contributed by atoms with Crippen molar-refractivity contribution in [1.29, 1.82) is 0 Å². The number of aliphatic hydroxyl groups excluding tert-OH is 2. The smallest absolute Gasteiger partial charge is 0.258 e. The van der Waals surface area contributed by atoms with Gasteiger partial charge in [0.2, 0.25) is 11.8 Å². The summed E-state index contributed by atoms with van der Waals surface area (Å²) in [5.74, 6) is 0.725. The molecule has 4 aromatic rings. The molecule has 0 bridgehead atoms. The second-order valence-electron chi connectivity index (χ2n) is 10.4. The van der Waals surface area contributed by atoms with Gasteiger partial charge in [0.15, 0.2) is 0 Å². The first-order chi connectivity index (χ1) is 21.9. The van der Waals surface area contributed by atoms with Crippen LogP contribution in [0.5, 0.6) is 11.8 Å². The molecule has 45 heavy (non-hydrogen) atoms. The lowest BCUT2D eigenvalue weighted by Gasteiger charge is -2.18. The zero-order chi connectivity index (χ0) is 31.8. The standard InChI is InChI=1S/C33H35Cl2N5O5/c1-44-32-21(19-37-13-15-42)16-27(34)33(40-32)45-28-10-9-23-22(4-2-5-24(23)28)25-6-3-7-26(30(25)35)31(43)39-29-11-8-20(18-38-29)17-36-12-14-41/h2-8,11,16,18,28,36-37,41-42H,9-10,12-15,17,19H2,1H3,(H,38,39,43)/t28-/m0/s1. The molecule has 1 aliphatic carbocycles. The number of hydrogen-bond acceptors (Lipinski definition) is 9. The number of nitrogens with zero attached hydrogens (tertiary/aromatic N) is 2. The predicted molar refractivity (Wildman–Crippen MR) is 174 cm³/mol. The average Bonchev–Trinajstić information content (AvgIpc) is 3.46. The van der Waals surface area contributed by atoms with E-state index in [1.807, 2.05) is 36.4 Å². The third-order valence-corrected chi connectivity index (χ3v) is 8.15. The Morgan fingerprint density at radius 3 is 2.47 bits per heavy atom. The van der Waals surface area contributed by atoms with E-state index < -0.39 is 0 Å². The quantitative estimate of drug-likeness (QED) is 0.120. The van der Waals surface area contributed by atoms with Crippen molar-refractivity contribution < 1.29 is 24.5 Å². The minimum atomic E-state index is -0.362. The maximum Gasteiger partial charge on any atom is 0.258 e. The molecule has 1 amide bonds. The number of carbonyl (C=O) groups is 1. The lowest BCUT2D eigenvalue weighted by atomic mass is 9.95. The minimum absolute atomic E-state index is 0.0222. The average molecular weight is 653 g/mol. The van der Waals surface area contributed by atoms with Gasteiger partial charge in [-0.05, 0) is 53.3 Å². The second kappa shape index (κ2) is 15.5. The van der Waals surface area contributed by atoms with Gasteiger partial charge in [-0.2, -0.15) is 4.98 Å². The number of aromatic nitrogens is 2. The molecule has 1 atom stereocenters. The zero-order valence-corrected chi connectivity index (χ0v) is 26.3. The Morgan fingerprint density at radius 1 is 0.978 bits per heavy atom. The Morgan fingerprint density at radius 2 is 1.73 bits per heavy atom. The number of fused-ring (bicyclic) bond motifs is 1. The summed E-state index contributed by atoms with van der Waals surface area (Å²) >= 11 is 13.5. The lowest BCUT2D eigenvalue weighted by molar-refractivity contribution is 0.102. The fraction of sp³-hybridized carbons (Fsp3) is 0.303. The molecule has 0 aliphatic heterocycles. The molecule has 0 fully saturated rings. The Hall–Kier alpha value is -3.77. The van der Waals surface area contributed by atoms with Gasteiger partial charge < -0.3 is 35.6 Å². The number of rotatable bonds is 14. The molecule has 0 spiro atoms. The van der Waals surface area contributed by atoms with Crippen LogP contribution in [0.3, 0.4) is 0 Å². The normalized spacial score (nSPS) is 13.8. The van der Waals surface area contributed by atoms with Crippen LogP contribution in [0.25, 0.3) is 11.1 Å². The highest BCUT2D eigenvalue weighted by Crippen LogP contribution is 2.43. The minimum Gasteiger partial charge on any atom is -0.481 e. The number of anilines is 1. The van der Waals surface area contributed by atoms with Gasteiger partial charge in [0.1, 0.15) is 16.9 Å². The van der Waals surface area contributed by atoms with Gasteiger partial charge in [0, 0.05) is 43.5 Å². The van der Waals surface area contributed by atoms with Crippen LogP contribution in [-0.2, 0) is 19.5 Å². The zero-order valence-electron chi connectivity index (χ0n) is 24.8. The van der Waals surface area contributed by atoms with Crippen molar-refractivity contribution in [2.45, 2.75) is 32.0 Å². The van der Waals surface area contributed by atoms with Crippen LogP contribution in [0.1, 0.15) is 45.1 Å². The molecular weight excluding hydrogens is 617 g/mol. The van der Waals surface area contributed by atoms with Crippen LogP contribution in [0.2, 0.25) is 10.0 Å². The number of methoxy groups -OCH3 is 1. The molecule has 10 nitrogen and oxygen atoms in total. The van der Waals surface area contributed by atoms with Gasteiger partial charge in [0.05, 0.1) is 30.9 Å². The summed E-state index contributed by atoms with van der Waals surface area (Å²) in [6.07, 6.45) is 2.84. The molecule has 2 aromatic heterocycles. The molecule has 0 saturated heterocycles. The highest BCUT2D eigenvalue weighted by Gasteiger charge is 2.29. The number of halogens is 2. The Balaban J connectivity index is 1.34. The van der Waals surface area contributed by atoms with E-state index in [-0.39, 0.29) is 31.1 Å². The van der Waals surface area contributed by atoms with Crippen molar-refractivity contribution in [3.05, 3.63) is 98.7 Å². The number of nitrogens with one attached hydrogen (secondary N) is 3. The summed E-state index contributed by atoms with van der Waals surface area (Å²) in [5, 5.41) is 27.7. The highest BCUT2D eigenvalue weighted by atomic mass is 35.5. The van der Waals surface area contributed by atoms with Crippen LogP contribution >= 0.6 is 23.2 Å². The van der Waals surface area contributed by atoms with Gasteiger partial charge >= 0.3 is 0 Å². The number of carbonyl (C=O) groups excluding carboxylic acids is 1. The van der Waals surface area contributed by atoms with Crippen LogP contribution < -0.4 is 25.4 Å². The first kappa shape index (κ1) is 32.6. The summed E-state index contributed by atoms with van der Waals surface area (Å²) in [4.78, 5) is 22.1. The van der Waals surface area contributed by atoms with Crippen LogP contribution in [0.15, 0.2) is 60.8 Å². The van der Waals surface area contributed by atoms with Gasteiger partial charge in [-0.15, -0.1) is 0 Å². The van der Waals surface area contributed by atoms with Crippen molar-refractivity contribution in [3.8, 4) is 22.9 Å². The molecule has 5 N–H and O–H groups in total. The number of pyridine rings is 2. The van der Waals surface area contributed by atoms with E-state index in [1.165, 1.54) is 7.11 Å².